The predicted molar refractivity (Wildman–Crippen MR) is 85.4 cm³/mol. The average molecular weight is 307 g/mol. The van der Waals surface area contributed by atoms with Crippen molar-refractivity contribution in [1.82, 2.24) is 25.3 Å². The van der Waals surface area contributed by atoms with Gasteiger partial charge < -0.3 is 15.6 Å². The Morgan fingerprint density at radius 3 is 2.87 bits per heavy atom. The van der Waals surface area contributed by atoms with Crippen molar-refractivity contribution < 1.29 is 4.52 Å². The summed E-state index contributed by atoms with van der Waals surface area (Å²) in [5, 5.41) is 14.6. The van der Waals surface area contributed by atoms with E-state index < -0.39 is 0 Å². The molecule has 0 unspecified atom stereocenters. The average Bonchev–Trinajstić information content (AvgIpc) is 3.25. The Labute approximate surface area is 130 Å². The number of nitrogen functional groups attached to an aromatic ring is 1. The Kier molecular flexibility index (Phi) is 3.12. The lowest BCUT2D eigenvalue weighted by atomic mass is 10.1. The molecule has 0 saturated heterocycles. The van der Waals surface area contributed by atoms with Gasteiger partial charge in [-0.2, -0.15) is 10.1 Å². The van der Waals surface area contributed by atoms with Gasteiger partial charge in [0.15, 0.2) is 5.76 Å². The van der Waals surface area contributed by atoms with Gasteiger partial charge in [-0.25, -0.2) is 4.98 Å². The molecule has 114 valence electrons. The van der Waals surface area contributed by atoms with Gasteiger partial charge in [0.25, 0.3) is 0 Å². The maximum absolute atomic E-state index is 5.82. The number of nitrogens with one attached hydrogen (secondary N) is 2. The first kappa shape index (κ1) is 13.3. The smallest absolute Gasteiger partial charge is 0.222 e. The second-order valence-corrected chi connectivity index (χ2v) is 4.96. The van der Waals surface area contributed by atoms with Gasteiger partial charge in [-0.15, -0.1) is 0 Å². The van der Waals surface area contributed by atoms with Crippen molar-refractivity contribution in [3.05, 3.63) is 48.5 Å². The minimum Gasteiger partial charge on any atom is -0.368 e. The van der Waals surface area contributed by atoms with E-state index >= 15 is 0 Å². The first-order chi connectivity index (χ1) is 11.3. The number of fused-ring (bicyclic) bond motifs is 1. The van der Waals surface area contributed by atoms with Crippen molar-refractivity contribution in [2.75, 3.05) is 11.1 Å². The van der Waals surface area contributed by atoms with Gasteiger partial charge in [-0.05, 0) is 18.2 Å². The van der Waals surface area contributed by atoms with Crippen LogP contribution in [0.25, 0.3) is 22.2 Å². The van der Waals surface area contributed by atoms with Crippen LogP contribution in [0.2, 0.25) is 0 Å². The zero-order valence-electron chi connectivity index (χ0n) is 12.0. The fourth-order valence-electron chi connectivity index (χ4n) is 2.37. The zero-order chi connectivity index (χ0) is 15.6. The van der Waals surface area contributed by atoms with Gasteiger partial charge in [0.2, 0.25) is 5.95 Å². The van der Waals surface area contributed by atoms with Crippen LogP contribution in [0.1, 0.15) is 5.76 Å². The van der Waals surface area contributed by atoms with Crippen molar-refractivity contribution in [1.29, 1.82) is 0 Å². The molecule has 0 aliphatic heterocycles. The molecule has 0 aliphatic rings. The van der Waals surface area contributed by atoms with Crippen LogP contribution in [-0.4, -0.2) is 25.3 Å². The molecule has 4 N–H and O–H groups in total. The van der Waals surface area contributed by atoms with E-state index in [1.165, 1.54) is 0 Å². The highest BCUT2D eigenvalue weighted by Crippen LogP contribution is 2.26. The van der Waals surface area contributed by atoms with Crippen LogP contribution in [0.15, 0.2) is 47.2 Å². The number of hydrogen-bond donors (Lipinski definition) is 3. The summed E-state index contributed by atoms with van der Waals surface area (Å²) in [5.41, 5.74) is 8.48. The van der Waals surface area contributed by atoms with Crippen LogP contribution >= 0.6 is 0 Å². The molecule has 0 radical (unpaired) electrons. The Balaban J connectivity index is 1.73. The molecule has 4 aromatic rings. The second-order valence-electron chi connectivity index (χ2n) is 4.96. The number of aromatic amines is 1. The number of nitrogens with two attached hydrogens (primary N) is 1. The SMILES string of the molecule is Nc1nc(NCc2ccno2)c2ccc(-c3ccn[nH]3)cc2n1. The van der Waals surface area contributed by atoms with Crippen LogP contribution in [-0.2, 0) is 6.54 Å². The fraction of sp³-hybridized carbons (Fsp3) is 0.0667. The van der Waals surface area contributed by atoms with Gasteiger partial charge in [-0.3, -0.25) is 5.10 Å². The second kappa shape index (κ2) is 5.41. The van der Waals surface area contributed by atoms with Crippen molar-refractivity contribution in [2.24, 2.45) is 0 Å². The highest BCUT2D eigenvalue weighted by molar-refractivity contribution is 5.92. The van der Waals surface area contributed by atoms with Crippen molar-refractivity contribution in [3.8, 4) is 11.3 Å². The number of hydrogen-bond acceptors (Lipinski definition) is 7. The molecule has 0 aliphatic carbocycles. The summed E-state index contributed by atoms with van der Waals surface area (Å²) >= 11 is 0. The number of benzene rings is 1. The van der Waals surface area contributed by atoms with Crippen LogP contribution in [0.3, 0.4) is 0 Å². The molecule has 1 aromatic carbocycles. The molecule has 8 nitrogen and oxygen atoms in total. The lowest BCUT2D eigenvalue weighted by Gasteiger charge is -2.09. The minimum absolute atomic E-state index is 0.208. The quantitative estimate of drug-likeness (QED) is 0.528. The largest absolute Gasteiger partial charge is 0.368 e. The molecule has 8 heteroatoms. The Hall–Kier alpha value is -3.42. The molecule has 3 heterocycles. The molecule has 0 fully saturated rings. The molecular formula is C15H13N7O. The number of aromatic nitrogens is 5. The molecule has 0 bridgehead atoms. The monoisotopic (exact) mass is 307 g/mol. The van der Waals surface area contributed by atoms with E-state index in [1.54, 1.807) is 18.5 Å². The Bertz CT molecular complexity index is 932. The first-order valence-electron chi connectivity index (χ1n) is 7.00. The topological polar surface area (TPSA) is 119 Å². The molecule has 3 aromatic heterocycles. The van der Waals surface area contributed by atoms with E-state index in [9.17, 15) is 0 Å². The zero-order valence-corrected chi connectivity index (χ0v) is 12.0. The molecule has 0 spiro atoms. The van der Waals surface area contributed by atoms with Crippen molar-refractivity contribution in [2.45, 2.75) is 6.54 Å². The summed E-state index contributed by atoms with van der Waals surface area (Å²) in [7, 11) is 0. The van der Waals surface area contributed by atoms with Crippen LogP contribution in [0, 0.1) is 0 Å². The lowest BCUT2D eigenvalue weighted by Crippen LogP contribution is -2.05. The predicted octanol–water partition coefficient (Wildman–Crippen LogP) is 2.20. The lowest BCUT2D eigenvalue weighted by molar-refractivity contribution is 0.388. The molecule has 0 atom stereocenters. The van der Waals surface area contributed by atoms with Crippen molar-refractivity contribution in [3.63, 3.8) is 0 Å². The van der Waals surface area contributed by atoms with Gasteiger partial charge in [-0.1, -0.05) is 11.2 Å². The van der Waals surface area contributed by atoms with Gasteiger partial charge in [0.1, 0.15) is 5.82 Å². The van der Waals surface area contributed by atoms with E-state index in [0.29, 0.717) is 18.1 Å². The van der Waals surface area contributed by atoms with E-state index in [2.05, 4.69) is 30.6 Å². The van der Waals surface area contributed by atoms with Gasteiger partial charge in [0, 0.05) is 23.2 Å². The third-order valence-electron chi connectivity index (χ3n) is 3.45. The highest BCUT2D eigenvalue weighted by atomic mass is 16.5. The molecule has 0 saturated carbocycles. The van der Waals surface area contributed by atoms with Crippen LogP contribution < -0.4 is 11.1 Å². The maximum Gasteiger partial charge on any atom is 0.222 e. The molecule has 0 amide bonds. The maximum atomic E-state index is 5.82. The van der Waals surface area contributed by atoms with E-state index in [0.717, 1.165) is 22.2 Å². The Morgan fingerprint density at radius 1 is 1.13 bits per heavy atom. The van der Waals surface area contributed by atoms with E-state index in [-0.39, 0.29) is 5.95 Å². The van der Waals surface area contributed by atoms with Crippen LogP contribution in [0.4, 0.5) is 11.8 Å². The third-order valence-corrected chi connectivity index (χ3v) is 3.45. The standard InChI is InChI=1S/C15H13N7O/c16-15-20-13-7-9(12-4-5-18-22-12)1-2-11(13)14(21-15)17-8-10-3-6-19-23-10/h1-7H,8H2,(H,18,22)(H3,16,17,20,21). The summed E-state index contributed by atoms with van der Waals surface area (Å²) in [5.74, 6) is 1.57. The normalized spacial score (nSPS) is 11.0. The highest BCUT2D eigenvalue weighted by Gasteiger charge is 2.09. The van der Waals surface area contributed by atoms with Crippen LogP contribution in [0.5, 0.6) is 0 Å². The molecular weight excluding hydrogens is 294 g/mol. The molecule has 23 heavy (non-hydrogen) atoms. The number of rotatable bonds is 4. The first-order valence-corrected chi connectivity index (χ1v) is 7.00. The summed E-state index contributed by atoms with van der Waals surface area (Å²) in [6, 6.07) is 9.56. The van der Waals surface area contributed by atoms with Gasteiger partial charge in [0.05, 0.1) is 24.0 Å². The number of anilines is 2. The fourth-order valence-corrected chi connectivity index (χ4v) is 2.37. The Morgan fingerprint density at radius 2 is 2.09 bits per heavy atom. The number of H-pyrrole nitrogens is 1. The third kappa shape index (κ3) is 2.57. The van der Waals surface area contributed by atoms with Gasteiger partial charge >= 0.3 is 0 Å². The molecule has 4 rings (SSSR count). The van der Waals surface area contributed by atoms with E-state index in [1.807, 2.05) is 24.3 Å². The number of nitrogens with zero attached hydrogens (tertiary/aromatic N) is 4. The summed E-state index contributed by atoms with van der Waals surface area (Å²) in [6.45, 7) is 0.466. The van der Waals surface area contributed by atoms with Crippen molar-refractivity contribution >= 4 is 22.7 Å². The summed E-state index contributed by atoms with van der Waals surface area (Å²) in [6.07, 6.45) is 3.30. The van der Waals surface area contributed by atoms with E-state index in [4.69, 9.17) is 10.3 Å². The minimum atomic E-state index is 0.208. The summed E-state index contributed by atoms with van der Waals surface area (Å²) in [4.78, 5) is 8.57. The summed E-state index contributed by atoms with van der Waals surface area (Å²) < 4.78 is 5.07.